The standard InChI is InChI=1S/C17H26BrFN2/c1-13(2)10-20-11-14-3-5-21(6-4-14)12-15-7-16(18)9-17(19)8-15/h7-9,13-14,20H,3-6,10-12H2,1-2H3. The molecule has 0 amide bonds. The molecule has 0 aliphatic carbocycles. The molecule has 1 saturated heterocycles. The molecule has 0 atom stereocenters. The van der Waals surface area contributed by atoms with Gasteiger partial charge in [0.05, 0.1) is 0 Å². The van der Waals surface area contributed by atoms with E-state index in [1.54, 1.807) is 6.07 Å². The van der Waals surface area contributed by atoms with Gasteiger partial charge in [0.1, 0.15) is 5.82 Å². The molecule has 0 spiro atoms. The number of nitrogens with one attached hydrogen (secondary N) is 1. The topological polar surface area (TPSA) is 15.3 Å². The van der Waals surface area contributed by atoms with Crippen LogP contribution in [0.4, 0.5) is 4.39 Å². The van der Waals surface area contributed by atoms with Gasteiger partial charge in [-0.15, -0.1) is 0 Å². The van der Waals surface area contributed by atoms with Crippen LogP contribution in [0.25, 0.3) is 0 Å². The van der Waals surface area contributed by atoms with Crippen molar-refractivity contribution in [3.63, 3.8) is 0 Å². The Balaban J connectivity index is 1.73. The Bertz CT molecular complexity index is 422. The van der Waals surface area contributed by atoms with Crippen molar-refractivity contribution >= 4 is 15.9 Å². The Kier molecular flexibility index (Phi) is 6.65. The van der Waals surface area contributed by atoms with Crippen LogP contribution in [0.2, 0.25) is 0 Å². The Hall–Kier alpha value is -0.450. The van der Waals surface area contributed by atoms with Gasteiger partial charge in [-0.05, 0) is 74.6 Å². The highest BCUT2D eigenvalue weighted by molar-refractivity contribution is 9.10. The average molecular weight is 357 g/mol. The summed E-state index contributed by atoms with van der Waals surface area (Å²) in [5.74, 6) is 1.35. The Labute approximate surface area is 136 Å². The van der Waals surface area contributed by atoms with Gasteiger partial charge in [-0.25, -0.2) is 4.39 Å². The molecule has 0 unspecified atom stereocenters. The molecule has 0 aromatic heterocycles. The summed E-state index contributed by atoms with van der Waals surface area (Å²) in [5, 5.41) is 3.56. The molecule has 1 fully saturated rings. The van der Waals surface area contributed by atoms with Crippen molar-refractivity contribution in [1.82, 2.24) is 10.2 Å². The molecular formula is C17H26BrFN2. The summed E-state index contributed by atoms with van der Waals surface area (Å²) in [4.78, 5) is 2.43. The van der Waals surface area contributed by atoms with Crippen molar-refractivity contribution in [2.45, 2.75) is 33.2 Å². The number of piperidine rings is 1. The summed E-state index contributed by atoms with van der Waals surface area (Å²) >= 11 is 3.36. The second kappa shape index (κ2) is 8.25. The quantitative estimate of drug-likeness (QED) is 0.827. The summed E-state index contributed by atoms with van der Waals surface area (Å²) in [6, 6.07) is 5.16. The van der Waals surface area contributed by atoms with Crippen molar-refractivity contribution in [2.24, 2.45) is 11.8 Å². The predicted molar refractivity (Wildman–Crippen MR) is 89.8 cm³/mol. The number of halogens is 2. The summed E-state index contributed by atoms with van der Waals surface area (Å²) in [5.41, 5.74) is 1.05. The van der Waals surface area contributed by atoms with E-state index in [2.05, 4.69) is 40.0 Å². The Morgan fingerprint density at radius 2 is 2.00 bits per heavy atom. The lowest BCUT2D eigenvalue weighted by Gasteiger charge is -2.32. The molecule has 1 aliphatic rings. The van der Waals surface area contributed by atoms with Gasteiger partial charge >= 0.3 is 0 Å². The molecule has 21 heavy (non-hydrogen) atoms. The molecule has 2 rings (SSSR count). The third kappa shape index (κ3) is 6.05. The maximum atomic E-state index is 13.4. The maximum Gasteiger partial charge on any atom is 0.124 e. The average Bonchev–Trinajstić information content (AvgIpc) is 2.39. The number of hydrogen-bond donors (Lipinski definition) is 1. The fourth-order valence-electron chi connectivity index (χ4n) is 2.89. The van der Waals surface area contributed by atoms with Crippen molar-refractivity contribution in [3.05, 3.63) is 34.1 Å². The first-order chi connectivity index (χ1) is 10.0. The molecule has 0 bridgehead atoms. The van der Waals surface area contributed by atoms with Crippen LogP contribution in [0, 0.1) is 17.7 Å². The summed E-state index contributed by atoms with van der Waals surface area (Å²) in [7, 11) is 0. The van der Waals surface area contributed by atoms with Crippen LogP contribution < -0.4 is 5.32 Å². The highest BCUT2D eigenvalue weighted by Gasteiger charge is 2.19. The lowest BCUT2D eigenvalue weighted by atomic mass is 9.96. The van der Waals surface area contributed by atoms with Crippen molar-refractivity contribution in [2.75, 3.05) is 26.2 Å². The second-order valence-electron chi connectivity index (χ2n) is 6.55. The number of rotatable bonds is 6. The van der Waals surface area contributed by atoms with Crippen LogP contribution in [0.1, 0.15) is 32.3 Å². The Morgan fingerprint density at radius 3 is 2.62 bits per heavy atom. The zero-order valence-electron chi connectivity index (χ0n) is 13.0. The molecule has 4 heteroatoms. The van der Waals surface area contributed by atoms with E-state index in [1.165, 1.54) is 18.9 Å². The highest BCUT2D eigenvalue weighted by atomic mass is 79.9. The van der Waals surface area contributed by atoms with Crippen molar-refractivity contribution < 1.29 is 4.39 Å². The molecule has 2 nitrogen and oxygen atoms in total. The lowest BCUT2D eigenvalue weighted by Crippen LogP contribution is -2.37. The molecule has 1 heterocycles. The predicted octanol–water partition coefficient (Wildman–Crippen LogP) is 4.05. The third-order valence-corrected chi connectivity index (χ3v) is 4.48. The van der Waals surface area contributed by atoms with Gasteiger partial charge in [0.25, 0.3) is 0 Å². The number of likely N-dealkylation sites (tertiary alicyclic amines) is 1. The van der Waals surface area contributed by atoms with Crippen LogP contribution in [0.5, 0.6) is 0 Å². The minimum Gasteiger partial charge on any atom is -0.316 e. The molecule has 1 N–H and O–H groups in total. The summed E-state index contributed by atoms with van der Waals surface area (Å²) < 4.78 is 14.2. The van der Waals surface area contributed by atoms with Crippen molar-refractivity contribution in [1.29, 1.82) is 0 Å². The van der Waals surface area contributed by atoms with Crippen LogP contribution in [0.3, 0.4) is 0 Å². The maximum absolute atomic E-state index is 13.4. The molecular weight excluding hydrogens is 331 g/mol. The van der Waals surface area contributed by atoms with E-state index in [0.717, 1.165) is 54.6 Å². The molecule has 1 aromatic rings. The van der Waals surface area contributed by atoms with E-state index >= 15 is 0 Å². The number of nitrogens with zero attached hydrogens (tertiary/aromatic N) is 1. The van der Waals surface area contributed by atoms with E-state index in [-0.39, 0.29) is 5.82 Å². The minimum absolute atomic E-state index is 0.160. The monoisotopic (exact) mass is 356 g/mol. The van der Waals surface area contributed by atoms with Crippen LogP contribution in [-0.4, -0.2) is 31.1 Å². The zero-order valence-corrected chi connectivity index (χ0v) is 14.6. The van der Waals surface area contributed by atoms with E-state index in [9.17, 15) is 4.39 Å². The molecule has 0 saturated carbocycles. The summed E-state index contributed by atoms with van der Waals surface area (Å²) in [6.45, 7) is 9.81. The number of benzene rings is 1. The molecule has 0 radical (unpaired) electrons. The number of hydrogen-bond acceptors (Lipinski definition) is 2. The first kappa shape index (κ1) is 16.9. The van der Waals surface area contributed by atoms with Gasteiger partial charge in [0, 0.05) is 11.0 Å². The van der Waals surface area contributed by atoms with Gasteiger partial charge in [0.2, 0.25) is 0 Å². The first-order valence-electron chi connectivity index (χ1n) is 7.91. The minimum atomic E-state index is -0.160. The fraction of sp³-hybridized carbons (Fsp3) is 0.647. The smallest absolute Gasteiger partial charge is 0.124 e. The van der Waals surface area contributed by atoms with E-state index in [4.69, 9.17) is 0 Å². The molecule has 1 aliphatic heterocycles. The van der Waals surface area contributed by atoms with Crippen LogP contribution in [-0.2, 0) is 6.54 Å². The zero-order chi connectivity index (χ0) is 15.2. The van der Waals surface area contributed by atoms with Crippen LogP contribution >= 0.6 is 15.9 Å². The van der Waals surface area contributed by atoms with E-state index in [0.29, 0.717) is 0 Å². The van der Waals surface area contributed by atoms with E-state index < -0.39 is 0 Å². The van der Waals surface area contributed by atoms with Gasteiger partial charge in [-0.3, -0.25) is 4.90 Å². The van der Waals surface area contributed by atoms with Crippen molar-refractivity contribution in [3.8, 4) is 0 Å². The normalized spacial score (nSPS) is 17.6. The SMILES string of the molecule is CC(C)CNCC1CCN(Cc2cc(F)cc(Br)c2)CC1. The molecule has 1 aromatic carbocycles. The third-order valence-electron chi connectivity index (χ3n) is 4.02. The van der Waals surface area contributed by atoms with Gasteiger partial charge < -0.3 is 5.32 Å². The van der Waals surface area contributed by atoms with Gasteiger partial charge in [-0.1, -0.05) is 29.8 Å². The second-order valence-corrected chi connectivity index (χ2v) is 7.46. The van der Waals surface area contributed by atoms with Gasteiger partial charge in [0.15, 0.2) is 0 Å². The highest BCUT2D eigenvalue weighted by Crippen LogP contribution is 2.21. The largest absolute Gasteiger partial charge is 0.316 e. The summed E-state index contributed by atoms with van der Waals surface area (Å²) in [6.07, 6.45) is 2.48. The van der Waals surface area contributed by atoms with E-state index in [1.807, 2.05) is 6.07 Å². The first-order valence-corrected chi connectivity index (χ1v) is 8.70. The fourth-order valence-corrected chi connectivity index (χ4v) is 3.40. The Morgan fingerprint density at radius 1 is 1.29 bits per heavy atom. The molecule has 118 valence electrons. The van der Waals surface area contributed by atoms with Gasteiger partial charge in [-0.2, -0.15) is 0 Å². The van der Waals surface area contributed by atoms with Crippen LogP contribution in [0.15, 0.2) is 22.7 Å². The lowest BCUT2D eigenvalue weighted by molar-refractivity contribution is 0.175.